The van der Waals surface area contributed by atoms with Crippen molar-refractivity contribution in [3.8, 4) is 0 Å². The van der Waals surface area contributed by atoms with E-state index in [-0.39, 0.29) is 46.6 Å². The van der Waals surface area contributed by atoms with Gasteiger partial charge in [-0.1, -0.05) is 0 Å². The van der Waals surface area contributed by atoms with Gasteiger partial charge in [0.15, 0.2) is 11.6 Å². The molecule has 36 heavy (non-hydrogen) atoms. The number of pyridine rings is 3. The minimum Gasteiger partial charge on any atom is -0.367 e. The predicted octanol–water partition coefficient (Wildman–Crippen LogP) is 2.58. The van der Waals surface area contributed by atoms with E-state index in [2.05, 4.69) is 36.4 Å². The highest BCUT2D eigenvalue weighted by Crippen LogP contribution is 2.41. The standard InChI is InChI=1S/C24H29FN8O2S/c1-14-10-20(32-31-14)29-24-21(25)22-19(5-3-9-27-22)23(30-24)28-15-11-16-6-7-17(12-15)33(16)36(34,35)18-4-2-8-26-13-18/h2-5,8-9,13-17,20,31-32H,6-7,10-12H2,1H3,(H2,28,29,30)/t14?,15?,16-,17+,20?. The topological polar surface area (TPSA) is 124 Å². The third kappa shape index (κ3) is 4.17. The molecule has 3 aliphatic rings. The maximum absolute atomic E-state index is 15.3. The van der Waals surface area contributed by atoms with Gasteiger partial charge in [-0.2, -0.15) is 4.31 Å². The zero-order valence-electron chi connectivity index (χ0n) is 19.9. The molecule has 0 spiro atoms. The lowest BCUT2D eigenvalue weighted by Gasteiger charge is -2.38. The number of sulfonamides is 1. The molecule has 3 aliphatic heterocycles. The second-order valence-electron chi connectivity index (χ2n) is 9.87. The van der Waals surface area contributed by atoms with Gasteiger partial charge in [0.1, 0.15) is 16.2 Å². The molecule has 12 heteroatoms. The number of hydrazine groups is 1. The van der Waals surface area contributed by atoms with E-state index in [0.29, 0.717) is 24.0 Å². The lowest BCUT2D eigenvalue weighted by atomic mass is 9.99. The summed E-state index contributed by atoms with van der Waals surface area (Å²) in [6.07, 6.45) is 8.07. The van der Waals surface area contributed by atoms with Crippen LogP contribution < -0.4 is 21.5 Å². The van der Waals surface area contributed by atoms with Gasteiger partial charge in [0.2, 0.25) is 10.0 Å². The molecule has 3 unspecified atom stereocenters. The van der Waals surface area contributed by atoms with Crippen molar-refractivity contribution in [2.45, 2.75) is 74.3 Å². The van der Waals surface area contributed by atoms with Gasteiger partial charge >= 0.3 is 0 Å². The van der Waals surface area contributed by atoms with Gasteiger partial charge in [0, 0.05) is 48.1 Å². The molecule has 5 atom stereocenters. The smallest absolute Gasteiger partial charge is 0.245 e. The molecule has 3 fully saturated rings. The summed E-state index contributed by atoms with van der Waals surface area (Å²) >= 11 is 0. The summed E-state index contributed by atoms with van der Waals surface area (Å²) in [6.45, 7) is 2.04. The van der Waals surface area contributed by atoms with Crippen LogP contribution in [0.5, 0.6) is 0 Å². The van der Waals surface area contributed by atoms with Gasteiger partial charge in [-0.25, -0.2) is 23.2 Å². The number of fused-ring (bicyclic) bond motifs is 3. The summed E-state index contributed by atoms with van der Waals surface area (Å²) in [7, 11) is -3.61. The van der Waals surface area contributed by atoms with Crippen LogP contribution in [0.3, 0.4) is 0 Å². The highest BCUT2D eigenvalue weighted by atomic mass is 32.2. The zero-order chi connectivity index (χ0) is 24.9. The molecule has 3 saturated heterocycles. The summed E-state index contributed by atoms with van der Waals surface area (Å²) < 4.78 is 43.7. The lowest BCUT2D eigenvalue weighted by Crippen LogP contribution is -2.49. The van der Waals surface area contributed by atoms with Crippen molar-refractivity contribution in [2.75, 3.05) is 10.6 Å². The van der Waals surface area contributed by atoms with Gasteiger partial charge in [-0.15, -0.1) is 0 Å². The van der Waals surface area contributed by atoms with Crippen molar-refractivity contribution in [2.24, 2.45) is 0 Å². The Morgan fingerprint density at radius 2 is 1.81 bits per heavy atom. The van der Waals surface area contributed by atoms with E-state index < -0.39 is 15.8 Å². The minimum atomic E-state index is -3.61. The fraction of sp³-hybridized carbons (Fsp3) is 0.458. The molecular weight excluding hydrogens is 483 g/mol. The van der Waals surface area contributed by atoms with Crippen LogP contribution in [0, 0.1) is 5.82 Å². The SMILES string of the molecule is CC1CC(Nc2nc(NC3C[C@H]4CC[C@@H](C3)N4S(=O)(=O)c3cccnc3)c3cccnc3c2F)NN1. The Hall–Kier alpha value is -2.93. The van der Waals surface area contributed by atoms with Crippen LogP contribution in [0.1, 0.15) is 39.0 Å². The molecule has 0 aliphatic carbocycles. The molecule has 2 bridgehead atoms. The normalized spacial score (nSPS) is 28.4. The molecule has 0 saturated carbocycles. The number of hydrogen-bond acceptors (Lipinski definition) is 9. The van der Waals surface area contributed by atoms with Gasteiger partial charge in [-0.3, -0.25) is 15.4 Å². The minimum absolute atomic E-state index is 0.00311. The van der Waals surface area contributed by atoms with E-state index in [4.69, 9.17) is 0 Å². The zero-order valence-corrected chi connectivity index (χ0v) is 20.7. The summed E-state index contributed by atoms with van der Waals surface area (Å²) in [5.74, 6) is 0.195. The average Bonchev–Trinajstić information content (AvgIpc) is 3.42. The van der Waals surface area contributed by atoms with Crippen LogP contribution in [0.2, 0.25) is 0 Å². The fourth-order valence-electron chi connectivity index (χ4n) is 5.74. The molecule has 0 radical (unpaired) electrons. The fourth-order valence-corrected chi connectivity index (χ4v) is 7.60. The molecule has 6 rings (SSSR count). The van der Waals surface area contributed by atoms with Crippen LogP contribution in [0.4, 0.5) is 16.0 Å². The molecule has 3 aromatic heterocycles. The first-order valence-electron chi connectivity index (χ1n) is 12.3. The van der Waals surface area contributed by atoms with Gasteiger partial charge in [0.25, 0.3) is 0 Å². The molecular formula is C24H29FN8O2S. The van der Waals surface area contributed by atoms with E-state index in [0.717, 1.165) is 19.3 Å². The van der Waals surface area contributed by atoms with E-state index in [1.54, 1.807) is 41.0 Å². The highest BCUT2D eigenvalue weighted by Gasteiger charge is 2.47. The first-order chi connectivity index (χ1) is 17.4. The Balaban J connectivity index is 1.26. The molecule has 6 heterocycles. The second-order valence-corrected chi connectivity index (χ2v) is 11.7. The summed E-state index contributed by atoms with van der Waals surface area (Å²) in [5, 5.41) is 7.26. The number of anilines is 2. The molecule has 190 valence electrons. The lowest BCUT2D eigenvalue weighted by molar-refractivity contribution is 0.234. The van der Waals surface area contributed by atoms with Crippen molar-refractivity contribution in [3.05, 3.63) is 48.7 Å². The monoisotopic (exact) mass is 512 g/mol. The highest BCUT2D eigenvalue weighted by molar-refractivity contribution is 7.89. The number of hydrogen-bond donors (Lipinski definition) is 4. The van der Waals surface area contributed by atoms with Crippen molar-refractivity contribution >= 4 is 32.6 Å². The first kappa shape index (κ1) is 23.5. The van der Waals surface area contributed by atoms with Crippen LogP contribution in [0.25, 0.3) is 10.9 Å². The summed E-state index contributed by atoms with van der Waals surface area (Å²) in [6, 6.07) is 6.85. The van der Waals surface area contributed by atoms with Gasteiger partial charge in [0.05, 0.1) is 6.17 Å². The van der Waals surface area contributed by atoms with Crippen molar-refractivity contribution in [1.29, 1.82) is 0 Å². The maximum Gasteiger partial charge on any atom is 0.245 e. The second kappa shape index (κ2) is 9.18. The number of aromatic nitrogens is 3. The Morgan fingerprint density at radius 1 is 1.03 bits per heavy atom. The Bertz CT molecular complexity index is 1360. The largest absolute Gasteiger partial charge is 0.367 e. The van der Waals surface area contributed by atoms with Crippen molar-refractivity contribution in [1.82, 2.24) is 30.1 Å². The third-order valence-electron chi connectivity index (χ3n) is 7.32. The van der Waals surface area contributed by atoms with E-state index >= 15 is 4.39 Å². The first-order valence-corrected chi connectivity index (χ1v) is 13.8. The molecule has 4 N–H and O–H groups in total. The Kier molecular flexibility index (Phi) is 5.98. The quantitative estimate of drug-likeness (QED) is 0.394. The number of piperidine rings is 1. The van der Waals surface area contributed by atoms with E-state index in [1.807, 2.05) is 6.92 Å². The predicted molar refractivity (Wildman–Crippen MR) is 134 cm³/mol. The average molecular weight is 513 g/mol. The number of rotatable bonds is 6. The van der Waals surface area contributed by atoms with Crippen LogP contribution in [-0.2, 0) is 10.0 Å². The van der Waals surface area contributed by atoms with Crippen molar-refractivity contribution in [3.63, 3.8) is 0 Å². The number of halogens is 1. The van der Waals surface area contributed by atoms with Crippen molar-refractivity contribution < 1.29 is 12.8 Å². The van der Waals surface area contributed by atoms with Crippen LogP contribution >= 0.6 is 0 Å². The Labute approximate surface area is 209 Å². The van der Waals surface area contributed by atoms with E-state index in [1.165, 1.54) is 6.20 Å². The summed E-state index contributed by atoms with van der Waals surface area (Å²) in [5.41, 5.74) is 6.47. The van der Waals surface area contributed by atoms with Crippen LogP contribution in [-0.4, -0.2) is 58.0 Å². The third-order valence-corrected chi connectivity index (χ3v) is 9.31. The molecule has 10 nitrogen and oxygen atoms in total. The molecule has 3 aromatic rings. The van der Waals surface area contributed by atoms with E-state index in [9.17, 15) is 8.42 Å². The number of nitrogens with zero attached hydrogens (tertiary/aromatic N) is 4. The molecule has 0 aromatic carbocycles. The molecule has 0 amide bonds. The maximum atomic E-state index is 15.3. The number of nitrogens with one attached hydrogen (secondary N) is 4. The van der Waals surface area contributed by atoms with Gasteiger partial charge in [-0.05, 0) is 63.3 Å². The summed E-state index contributed by atoms with van der Waals surface area (Å²) in [4.78, 5) is 13.1. The van der Waals surface area contributed by atoms with Gasteiger partial charge < -0.3 is 10.6 Å². The Morgan fingerprint density at radius 3 is 2.50 bits per heavy atom. The van der Waals surface area contributed by atoms with Crippen LogP contribution in [0.15, 0.2) is 47.8 Å².